The Morgan fingerprint density at radius 2 is 2.36 bits per heavy atom. The molecule has 0 aliphatic heterocycles. The van der Waals surface area contributed by atoms with Gasteiger partial charge in [-0.05, 0) is 12.1 Å². The van der Waals surface area contributed by atoms with Gasteiger partial charge in [-0.15, -0.1) is 10.2 Å². The molecule has 2 rings (SSSR count). The molecule has 0 aromatic carbocycles. The lowest BCUT2D eigenvalue weighted by Crippen LogP contribution is -1.95. The molecule has 0 radical (unpaired) electrons. The summed E-state index contributed by atoms with van der Waals surface area (Å²) in [7, 11) is 0. The molecule has 2 aromatic rings. The van der Waals surface area contributed by atoms with Gasteiger partial charge in [-0.3, -0.25) is 4.98 Å². The van der Waals surface area contributed by atoms with Crippen LogP contribution in [0.3, 0.4) is 0 Å². The van der Waals surface area contributed by atoms with Gasteiger partial charge in [0.25, 0.3) is 5.89 Å². The van der Waals surface area contributed by atoms with Crippen LogP contribution in [0.25, 0.3) is 0 Å². The zero-order valence-corrected chi connectivity index (χ0v) is 7.67. The fourth-order valence-electron chi connectivity index (χ4n) is 0.973. The van der Waals surface area contributed by atoms with Gasteiger partial charge in [-0.1, -0.05) is 0 Å². The van der Waals surface area contributed by atoms with E-state index in [1.165, 1.54) is 0 Å². The maximum absolute atomic E-state index is 5.35. The molecule has 0 saturated carbocycles. The van der Waals surface area contributed by atoms with Crippen molar-refractivity contribution in [2.75, 3.05) is 0 Å². The van der Waals surface area contributed by atoms with Gasteiger partial charge in [0.05, 0.1) is 6.20 Å². The Bertz CT molecular complexity index is 399. The van der Waals surface area contributed by atoms with E-state index in [4.69, 9.17) is 9.15 Å². The first kappa shape index (κ1) is 8.68. The van der Waals surface area contributed by atoms with Crippen molar-refractivity contribution in [1.82, 2.24) is 15.2 Å². The lowest BCUT2D eigenvalue weighted by atomic mass is 10.5. The zero-order chi connectivity index (χ0) is 9.80. The maximum Gasteiger partial charge on any atom is 0.253 e. The van der Waals surface area contributed by atoms with Crippen LogP contribution in [0.2, 0.25) is 0 Å². The molecule has 0 aliphatic rings. The summed E-state index contributed by atoms with van der Waals surface area (Å²) in [5.41, 5.74) is 0. The van der Waals surface area contributed by atoms with E-state index in [2.05, 4.69) is 15.2 Å². The van der Waals surface area contributed by atoms with Crippen molar-refractivity contribution >= 4 is 0 Å². The molecule has 72 valence electrons. The number of pyridine rings is 1. The van der Waals surface area contributed by atoms with E-state index in [0.29, 0.717) is 17.5 Å². The first-order valence-electron chi connectivity index (χ1n) is 4.16. The van der Waals surface area contributed by atoms with Gasteiger partial charge >= 0.3 is 0 Å². The number of hydrogen-bond donors (Lipinski definition) is 0. The maximum atomic E-state index is 5.35. The molecule has 0 atom stereocenters. The lowest BCUT2D eigenvalue weighted by Gasteiger charge is -2.00. The number of aryl methyl sites for hydroxylation is 1. The lowest BCUT2D eigenvalue weighted by molar-refractivity contribution is 0.259. The highest BCUT2D eigenvalue weighted by Gasteiger charge is 2.02. The number of ether oxygens (including phenoxy) is 1. The van der Waals surface area contributed by atoms with Crippen molar-refractivity contribution in [3.8, 4) is 5.75 Å². The summed E-state index contributed by atoms with van der Waals surface area (Å²) in [6.07, 6.45) is 3.31. The SMILES string of the molecule is Cc1nnc(COc2cccnc2)o1. The molecule has 0 N–H and O–H groups in total. The summed E-state index contributed by atoms with van der Waals surface area (Å²) in [5, 5.41) is 7.49. The van der Waals surface area contributed by atoms with Crippen LogP contribution in [0.4, 0.5) is 0 Å². The van der Waals surface area contributed by atoms with E-state index in [1.807, 2.05) is 6.07 Å². The van der Waals surface area contributed by atoms with Crippen molar-refractivity contribution in [3.63, 3.8) is 0 Å². The van der Waals surface area contributed by atoms with Gasteiger partial charge in [-0.2, -0.15) is 0 Å². The average Bonchev–Trinajstić information content (AvgIpc) is 2.63. The average molecular weight is 191 g/mol. The molecule has 2 heterocycles. The minimum atomic E-state index is 0.270. The third kappa shape index (κ3) is 2.07. The number of nitrogens with zero attached hydrogens (tertiary/aromatic N) is 3. The topological polar surface area (TPSA) is 61.0 Å². The van der Waals surface area contributed by atoms with Gasteiger partial charge in [0, 0.05) is 13.1 Å². The molecule has 14 heavy (non-hydrogen) atoms. The Morgan fingerprint density at radius 3 is 3.00 bits per heavy atom. The summed E-state index contributed by atoms with van der Waals surface area (Å²) in [6, 6.07) is 3.62. The molecule has 5 heteroatoms. The quantitative estimate of drug-likeness (QED) is 0.732. The smallest absolute Gasteiger partial charge is 0.253 e. The van der Waals surface area contributed by atoms with E-state index >= 15 is 0 Å². The summed E-state index contributed by atoms with van der Waals surface area (Å²) in [5.74, 6) is 1.68. The molecule has 2 aromatic heterocycles. The molecule has 0 amide bonds. The third-order valence-corrected chi connectivity index (χ3v) is 1.56. The molecule has 0 aliphatic carbocycles. The Hall–Kier alpha value is -1.91. The number of rotatable bonds is 3. The Kier molecular flexibility index (Phi) is 2.40. The normalized spacial score (nSPS) is 10.1. The minimum absolute atomic E-state index is 0.270. The van der Waals surface area contributed by atoms with E-state index in [-0.39, 0.29) is 6.61 Å². The predicted octanol–water partition coefficient (Wildman–Crippen LogP) is 1.35. The molecule has 0 saturated heterocycles. The third-order valence-electron chi connectivity index (χ3n) is 1.56. The van der Waals surface area contributed by atoms with Crippen molar-refractivity contribution in [2.24, 2.45) is 0 Å². The van der Waals surface area contributed by atoms with E-state index in [9.17, 15) is 0 Å². The second kappa shape index (κ2) is 3.87. The van der Waals surface area contributed by atoms with Crippen molar-refractivity contribution in [3.05, 3.63) is 36.3 Å². The van der Waals surface area contributed by atoms with Crippen molar-refractivity contribution < 1.29 is 9.15 Å². The predicted molar refractivity (Wildman–Crippen MR) is 47.6 cm³/mol. The highest BCUT2D eigenvalue weighted by molar-refractivity contribution is 5.15. The van der Waals surface area contributed by atoms with Crippen LogP contribution in [0.5, 0.6) is 5.75 Å². The number of hydrogen-bond acceptors (Lipinski definition) is 5. The van der Waals surface area contributed by atoms with Crippen LogP contribution in [0.15, 0.2) is 28.9 Å². The van der Waals surface area contributed by atoms with Gasteiger partial charge in [0.15, 0.2) is 6.61 Å². The van der Waals surface area contributed by atoms with Crippen molar-refractivity contribution in [1.29, 1.82) is 0 Å². The Morgan fingerprint density at radius 1 is 1.43 bits per heavy atom. The second-order valence-corrected chi connectivity index (χ2v) is 2.69. The van der Waals surface area contributed by atoms with Gasteiger partial charge in [-0.25, -0.2) is 0 Å². The van der Waals surface area contributed by atoms with Crippen LogP contribution in [-0.4, -0.2) is 15.2 Å². The zero-order valence-electron chi connectivity index (χ0n) is 7.67. The Labute approximate surface area is 80.8 Å². The summed E-state index contributed by atoms with van der Waals surface area (Å²) >= 11 is 0. The monoisotopic (exact) mass is 191 g/mol. The summed E-state index contributed by atoms with van der Waals surface area (Å²) in [4.78, 5) is 3.91. The van der Waals surface area contributed by atoms with Crippen LogP contribution in [-0.2, 0) is 6.61 Å². The fraction of sp³-hybridized carbons (Fsp3) is 0.222. The largest absolute Gasteiger partial charge is 0.482 e. The summed E-state index contributed by atoms with van der Waals surface area (Å²) < 4.78 is 10.5. The fourth-order valence-corrected chi connectivity index (χ4v) is 0.973. The molecule has 5 nitrogen and oxygen atoms in total. The van der Waals surface area contributed by atoms with E-state index in [0.717, 1.165) is 0 Å². The highest BCUT2D eigenvalue weighted by atomic mass is 16.5. The second-order valence-electron chi connectivity index (χ2n) is 2.69. The van der Waals surface area contributed by atoms with Crippen molar-refractivity contribution in [2.45, 2.75) is 13.5 Å². The molecule has 0 fully saturated rings. The standard InChI is InChI=1S/C9H9N3O2/c1-7-11-12-9(14-7)6-13-8-3-2-4-10-5-8/h2-5H,6H2,1H3. The van der Waals surface area contributed by atoms with Crippen LogP contribution >= 0.6 is 0 Å². The highest BCUT2D eigenvalue weighted by Crippen LogP contribution is 2.09. The van der Waals surface area contributed by atoms with Crippen LogP contribution in [0, 0.1) is 6.92 Å². The van der Waals surface area contributed by atoms with Gasteiger partial charge in [0.1, 0.15) is 5.75 Å². The minimum Gasteiger partial charge on any atom is -0.482 e. The molecular formula is C9H9N3O2. The molecule has 0 unspecified atom stereocenters. The van der Waals surface area contributed by atoms with E-state index in [1.54, 1.807) is 25.4 Å². The molecule has 0 bridgehead atoms. The van der Waals surface area contributed by atoms with E-state index < -0.39 is 0 Å². The Balaban J connectivity index is 1.95. The summed E-state index contributed by atoms with van der Waals surface area (Å²) in [6.45, 7) is 2.01. The first-order valence-corrected chi connectivity index (χ1v) is 4.16. The van der Waals surface area contributed by atoms with Gasteiger partial charge in [0.2, 0.25) is 5.89 Å². The number of aromatic nitrogens is 3. The van der Waals surface area contributed by atoms with Crippen LogP contribution in [0.1, 0.15) is 11.8 Å². The van der Waals surface area contributed by atoms with Crippen LogP contribution < -0.4 is 4.74 Å². The molecule has 0 spiro atoms. The molecular weight excluding hydrogens is 182 g/mol. The first-order chi connectivity index (χ1) is 6.84. The van der Waals surface area contributed by atoms with Gasteiger partial charge < -0.3 is 9.15 Å².